The first-order valence-corrected chi connectivity index (χ1v) is 35.9. The Labute approximate surface area is 867 Å². The van der Waals surface area contributed by atoms with Crippen molar-refractivity contribution in [1.29, 1.82) is 1.93 Å². The zero-order chi connectivity index (χ0) is 85.7. The van der Waals surface area contributed by atoms with Gasteiger partial charge in [-0.25, -0.2) is 53.9 Å². The Morgan fingerprint density at radius 3 is 1.08 bits per heavy atom. The standard InChI is InChI=1S/C15H17N4O2.C14H14BrN4O2.C14H14ClN4O2.C14H14FN4O2.C14H14IN4O2.C4H8O.2CH4.BH.HI.5Y.H2/c1-4-5-8-12(3)21-10-13-11(2)7-6-9-14(13)19-15(20)16-17-18-19;4*1-3-4-6-10(2)21-9-11-12(15)7-5-8-13(11)19-14(20)16-17-18-19;1-2-4-5-3-1;;;;;;;;;;/h4,6-9H,10H2,1-3H3,(H,16,18,20);4*3,5-8H,9H2,1-2H3,(H,16,18,20);1-4H2;2*1H4;2*1H;;;;;;1H/q5*-1;;;;;;;;;;;/b12-8+;4*10-6+;;;;;;;;;;;/i;;;;;;1T;;1T;;;;;;;1+2/hT. The van der Waals surface area contributed by atoms with E-state index in [9.17, 15) is 28.4 Å². The number of aromatic amines is 5. The maximum atomic E-state index is 14.0. The predicted octanol–water partition coefficient (Wildman–Crippen LogP) is 13.5. The summed E-state index contributed by atoms with van der Waals surface area (Å²) < 4.78 is 71.3. The third kappa shape index (κ3) is 40.4. The molecule has 1 aliphatic rings. The molecule has 5 N–H and O–H groups in total. The minimum atomic E-state index is -0.545. The average molecular weight is 2330 g/mol. The van der Waals surface area contributed by atoms with Crippen LogP contribution in [0.4, 0.5) is 4.39 Å². The maximum Gasteiger partial charge on any atom is 0.365 e. The smallest absolute Gasteiger partial charge is 0.365 e. The summed E-state index contributed by atoms with van der Waals surface area (Å²) in [5.74, 6) is 3.00. The molecule has 7 radical (unpaired) electrons. The van der Waals surface area contributed by atoms with Crippen molar-refractivity contribution < 1.29 is 199 Å². The molecule has 11 rings (SSSR count). The summed E-state index contributed by atoms with van der Waals surface area (Å²) in [7, 11) is 5.00. The van der Waals surface area contributed by atoms with E-state index in [2.05, 4.69) is 155 Å². The number of allylic oxidation sites excluding steroid dienone is 20. The zero-order valence-electron chi connectivity index (χ0n) is 69.9. The van der Waals surface area contributed by atoms with E-state index in [1.54, 1.807) is 98.0 Å². The van der Waals surface area contributed by atoms with Crippen LogP contribution in [0, 0.1) is 46.7 Å². The van der Waals surface area contributed by atoms with Gasteiger partial charge in [0.25, 0.3) is 0 Å². The number of nitrogens with zero attached hydrogens (tertiary/aromatic N) is 15. The van der Waals surface area contributed by atoms with Crippen LogP contribution in [0.1, 0.15) is 133 Å². The molecule has 625 valence electrons. The van der Waals surface area contributed by atoms with E-state index >= 15 is 0 Å². The van der Waals surface area contributed by atoms with Crippen molar-refractivity contribution in [1.82, 2.24) is 101 Å². The van der Waals surface area contributed by atoms with Crippen molar-refractivity contribution in [3.05, 3.63) is 316 Å². The van der Waals surface area contributed by atoms with Gasteiger partial charge in [0.05, 0.1) is 61.5 Å². The summed E-state index contributed by atoms with van der Waals surface area (Å²) in [5.41, 5.74) is 5.09. The van der Waals surface area contributed by atoms with Crippen molar-refractivity contribution in [2.24, 2.45) is 0 Å². The molecule has 31 nitrogen and oxygen atoms in total. The molecule has 42 heteroatoms. The summed E-state index contributed by atoms with van der Waals surface area (Å²) in [6.45, 7) is 23.6. The van der Waals surface area contributed by atoms with E-state index in [1.807, 2.05) is 118 Å². The van der Waals surface area contributed by atoms with Crippen LogP contribution in [-0.2, 0) is 225 Å². The number of H-pyrrole nitrogens is 5. The number of halogens is 5. The van der Waals surface area contributed by atoms with E-state index in [-0.39, 0.29) is 208 Å². The SMILES string of the molecule is C.C1CCOC1.CC=[C-]/C=C(\C)OCc1c(Br)cccc1-n1nn[nH]c1=O.CC=[C-]/C=C(\C)OCc1c(C)cccc1-n1nn[nH]c1=O.CC=[C-]/C=C(\C)OCc1c(Cl)cccc1-n1nn[nH]c1=O.CC=[C-]/C=C(\C)OCc1c(F)cccc1-n1nn[nH]c1=O.CC=[C-]/C=C(\C)OCc1c(I)cccc1-n1nn[nH]c1=O.[3HH].[3H]C.[3H]I.[3H][B].[Y].[Y].[Y].[Y].[Y]. The van der Waals surface area contributed by atoms with Crippen LogP contribution in [0.2, 0.25) is 5.02 Å². The second-order valence-corrected chi connectivity index (χ2v) is 24.9. The minimum absolute atomic E-state index is 0. The summed E-state index contributed by atoms with van der Waals surface area (Å²) in [6.07, 6.45) is 34.8. The van der Waals surface area contributed by atoms with Gasteiger partial charge < -0.3 is 28.4 Å². The van der Waals surface area contributed by atoms with Crippen molar-refractivity contribution >= 4 is 82.3 Å². The van der Waals surface area contributed by atoms with Gasteiger partial charge in [0, 0.05) is 229 Å². The summed E-state index contributed by atoms with van der Waals surface area (Å²) in [5, 5.41) is 47.8. The Hall–Kier alpha value is -5.45. The summed E-state index contributed by atoms with van der Waals surface area (Å²) >= 11 is 13.3. The van der Waals surface area contributed by atoms with Crippen molar-refractivity contribution in [3.63, 3.8) is 0 Å². The molecule has 0 unspecified atom stereocenters. The minimum Gasteiger partial charge on any atom is -0.579 e. The van der Waals surface area contributed by atoms with E-state index in [0.29, 0.717) is 64.7 Å². The Morgan fingerprint density at radius 1 is 0.487 bits per heavy atom. The number of hydrogen-bond donors (Lipinski definition) is 5. The van der Waals surface area contributed by atoms with Gasteiger partial charge in [0.2, 0.25) is 0 Å². The van der Waals surface area contributed by atoms with Crippen LogP contribution >= 0.6 is 73.9 Å². The fourth-order valence-electron chi connectivity index (χ4n) is 9.06. The first kappa shape index (κ1) is 114. The Balaban J connectivity index is -0.000000451. The molecule has 10 aromatic rings. The summed E-state index contributed by atoms with van der Waals surface area (Å²) in [6, 6.07) is 26.3. The normalized spacial score (nSPS) is 11.8. The van der Waals surface area contributed by atoms with E-state index in [0.717, 1.165) is 70.2 Å². The van der Waals surface area contributed by atoms with Gasteiger partial charge in [0.1, 0.15) is 6.41 Å². The molecular weight excluding hydrogens is 2220 g/mol. The van der Waals surface area contributed by atoms with E-state index < -0.39 is 22.9 Å². The van der Waals surface area contributed by atoms with Gasteiger partial charge >= 0.3 is 28.4 Å². The number of nitrogens with one attached hydrogen (secondary N) is 5. The molecule has 1 saturated heterocycles. The first-order chi connectivity index (χ1) is 56.2. The molecule has 1 fully saturated rings. The molecule has 5 aromatic heterocycles. The average Bonchev–Trinajstić information content (AvgIpc) is 1.78. The van der Waals surface area contributed by atoms with Crippen molar-refractivity contribution in [2.45, 2.75) is 137 Å². The molecular formula is C77H93BBrClFI2N20O11Y5-5. The number of benzene rings is 5. The molecule has 0 atom stereocenters. The van der Waals surface area contributed by atoms with Gasteiger partial charge in [-0.3, -0.25) is 30.4 Å². The fourth-order valence-corrected chi connectivity index (χ4v) is 10.4. The van der Waals surface area contributed by atoms with Crippen molar-refractivity contribution in [3.8, 4) is 28.4 Å². The monoisotopic (exact) mass is 2320 g/mol. The first-order valence-electron chi connectivity index (χ1n) is 35.6. The topological polar surface area (TPSA) is 373 Å². The number of tetrazole rings is 5. The van der Waals surface area contributed by atoms with Gasteiger partial charge in [-0.05, 0) is 156 Å². The van der Waals surface area contributed by atoms with Crippen LogP contribution in [0.5, 0.6) is 0 Å². The third-order valence-electron chi connectivity index (χ3n) is 14.6. The maximum absolute atomic E-state index is 14.0. The van der Waals surface area contributed by atoms with Crippen LogP contribution in [0.25, 0.3) is 28.4 Å². The molecule has 0 aliphatic carbocycles. The fraction of sp³-hybridized carbons (Fsp3) is 0.286. The Morgan fingerprint density at radius 2 is 0.756 bits per heavy atom. The molecule has 0 amide bonds. The molecule has 5 aromatic carbocycles. The molecule has 1 aliphatic heterocycles. The van der Waals surface area contributed by atoms with Gasteiger partial charge in [-0.15, -0.1) is 23.8 Å². The second kappa shape index (κ2) is 67.0. The number of ether oxygens (including phenoxy) is 6. The van der Waals surface area contributed by atoms with Crippen LogP contribution in [0.15, 0.2) is 209 Å². The third-order valence-corrected chi connectivity index (χ3v) is 16.7. The van der Waals surface area contributed by atoms with Gasteiger partial charge in [0.15, 0.2) is 0 Å². The Kier molecular flexibility index (Phi) is 64.0. The number of aromatic nitrogens is 20. The zero-order valence-corrected chi connectivity index (χ0v) is 87.7. The molecule has 0 saturated carbocycles. The largest absolute Gasteiger partial charge is 0.579 e. The van der Waals surface area contributed by atoms with Gasteiger partial charge in [-0.2, -0.15) is 84.2 Å². The number of aryl methyl sites for hydroxylation is 1. The van der Waals surface area contributed by atoms with E-state index in [4.69, 9.17) is 43.3 Å². The Bertz CT molecular complexity index is 4550. The number of rotatable bonds is 25. The second-order valence-electron chi connectivity index (χ2n) is 22.4. The molecule has 0 spiro atoms. The summed E-state index contributed by atoms with van der Waals surface area (Å²) in [4.78, 5) is 58.2. The molecule has 0 bridgehead atoms. The molecule has 6 heterocycles. The molecule has 119 heavy (non-hydrogen) atoms. The van der Waals surface area contributed by atoms with Gasteiger partial charge in [-0.1, -0.05) is 177 Å². The van der Waals surface area contributed by atoms with Crippen molar-refractivity contribution in [2.75, 3.05) is 13.2 Å². The predicted molar refractivity (Wildman–Crippen MR) is 458 cm³/mol. The van der Waals surface area contributed by atoms with Crippen LogP contribution in [-0.4, -0.2) is 125 Å². The van der Waals surface area contributed by atoms with Crippen LogP contribution in [0.3, 0.4) is 0 Å². The quantitative estimate of drug-likeness (QED) is 0.0117. The number of hydrogen-bond acceptors (Lipinski definition) is 21. The van der Waals surface area contributed by atoms with Crippen LogP contribution < -0.4 is 28.4 Å². The van der Waals surface area contributed by atoms with E-state index in [1.165, 1.54) is 70.2 Å².